The third kappa shape index (κ3) is 2.97. The van der Waals surface area contributed by atoms with Gasteiger partial charge >= 0.3 is 0 Å². The summed E-state index contributed by atoms with van der Waals surface area (Å²) in [4.78, 5) is 14.6. The number of furan rings is 1. The number of amides is 1. The van der Waals surface area contributed by atoms with Crippen molar-refractivity contribution in [2.45, 2.75) is 45.9 Å². The number of hydrogen-bond donors (Lipinski definition) is 2. The zero-order valence-electron chi connectivity index (χ0n) is 14.2. The van der Waals surface area contributed by atoms with E-state index < -0.39 is 6.10 Å². The van der Waals surface area contributed by atoms with Crippen LogP contribution in [0, 0.1) is 6.92 Å². The number of fused-ring (bicyclic) bond motifs is 1. The molecule has 130 valence electrons. The zero-order valence-corrected chi connectivity index (χ0v) is 14.2. The Labute approximate surface area is 140 Å². The van der Waals surface area contributed by atoms with Crippen LogP contribution in [0.15, 0.2) is 16.5 Å². The summed E-state index contributed by atoms with van der Waals surface area (Å²) in [6.45, 7) is 7.02. The summed E-state index contributed by atoms with van der Waals surface area (Å²) in [5.74, 6) is 1.63. The monoisotopic (exact) mass is 333 g/mol. The zero-order chi connectivity index (χ0) is 17.4. The first-order valence-corrected chi connectivity index (χ1v) is 8.15. The fourth-order valence-electron chi connectivity index (χ4n) is 2.89. The van der Waals surface area contributed by atoms with E-state index in [9.17, 15) is 9.90 Å². The second kappa shape index (κ2) is 6.41. The molecular weight excluding hydrogens is 310 g/mol. The summed E-state index contributed by atoms with van der Waals surface area (Å²) in [7, 11) is 0. The van der Waals surface area contributed by atoms with Crippen LogP contribution < -0.4 is 0 Å². The molecule has 2 aromatic heterocycles. The predicted molar refractivity (Wildman–Crippen MR) is 86.5 cm³/mol. The molecule has 0 saturated carbocycles. The Kier molecular flexibility index (Phi) is 4.47. The fourth-order valence-corrected chi connectivity index (χ4v) is 2.89. The van der Waals surface area contributed by atoms with E-state index in [1.807, 2.05) is 26.8 Å². The lowest BCUT2D eigenvalue weighted by atomic mass is 10.1. The quantitative estimate of drug-likeness (QED) is 0.886. The molecule has 0 bridgehead atoms. The van der Waals surface area contributed by atoms with Gasteiger partial charge in [-0.2, -0.15) is 5.10 Å². The van der Waals surface area contributed by atoms with Gasteiger partial charge in [0.25, 0.3) is 5.91 Å². The molecule has 7 heteroatoms. The van der Waals surface area contributed by atoms with E-state index in [2.05, 4.69) is 5.10 Å². The molecule has 0 aromatic carbocycles. The van der Waals surface area contributed by atoms with Crippen LogP contribution in [-0.2, 0) is 13.1 Å². The van der Waals surface area contributed by atoms with Crippen molar-refractivity contribution in [3.05, 3.63) is 40.6 Å². The highest BCUT2D eigenvalue weighted by molar-refractivity contribution is 5.95. The average Bonchev–Trinajstić information content (AvgIpc) is 3.16. The van der Waals surface area contributed by atoms with Crippen LogP contribution in [0.25, 0.3) is 0 Å². The highest BCUT2D eigenvalue weighted by Gasteiger charge is 2.27. The number of aliphatic hydroxyl groups is 2. The van der Waals surface area contributed by atoms with Gasteiger partial charge in [0.15, 0.2) is 0 Å². The fraction of sp³-hybridized carbons (Fsp3) is 0.529. The number of rotatable bonds is 4. The maximum atomic E-state index is 12.8. The molecule has 0 fully saturated rings. The number of aromatic nitrogens is 2. The molecule has 2 aromatic rings. The van der Waals surface area contributed by atoms with Crippen molar-refractivity contribution >= 4 is 5.91 Å². The molecule has 0 aliphatic carbocycles. The van der Waals surface area contributed by atoms with E-state index in [0.717, 1.165) is 11.5 Å². The predicted octanol–water partition coefficient (Wildman–Crippen LogP) is 1.59. The van der Waals surface area contributed by atoms with E-state index in [1.165, 1.54) is 0 Å². The Hall–Kier alpha value is -2.12. The van der Waals surface area contributed by atoms with Gasteiger partial charge in [-0.15, -0.1) is 0 Å². The highest BCUT2D eigenvalue weighted by atomic mass is 16.3. The summed E-state index contributed by atoms with van der Waals surface area (Å²) < 4.78 is 7.46. The van der Waals surface area contributed by atoms with Crippen molar-refractivity contribution in [3.63, 3.8) is 0 Å². The van der Waals surface area contributed by atoms with Gasteiger partial charge in [0.05, 0.1) is 36.6 Å². The third-order valence-corrected chi connectivity index (χ3v) is 4.35. The largest absolute Gasteiger partial charge is 0.465 e. The normalized spacial score (nSPS) is 15.7. The van der Waals surface area contributed by atoms with E-state index in [1.54, 1.807) is 15.6 Å². The molecule has 0 saturated heterocycles. The third-order valence-electron chi connectivity index (χ3n) is 4.35. The molecule has 1 atom stereocenters. The molecule has 2 N–H and O–H groups in total. The number of nitrogens with zero attached hydrogens (tertiary/aromatic N) is 3. The summed E-state index contributed by atoms with van der Waals surface area (Å²) in [6, 6.07) is 3.57. The van der Waals surface area contributed by atoms with Gasteiger partial charge < -0.3 is 19.5 Å². The van der Waals surface area contributed by atoms with E-state index >= 15 is 0 Å². The van der Waals surface area contributed by atoms with Crippen LogP contribution in [0.4, 0.5) is 0 Å². The van der Waals surface area contributed by atoms with Gasteiger partial charge in [-0.25, -0.2) is 0 Å². The van der Waals surface area contributed by atoms with Crippen molar-refractivity contribution in [2.75, 3.05) is 13.2 Å². The number of hydrogen-bond acceptors (Lipinski definition) is 5. The van der Waals surface area contributed by atoms with Crippen molar-refractivity contribution in [2.24, 2.45) is 0 Å². The number of carbonyl (C=O) groups is 1. The molecule has 0 radical (unpaired) electrons. The summed E-state index contributed by atoms with van der Waals surface area (Å²) in [6.07, 6.45) is -0.989. The van der Waals surface area contributed by atoms with Crippen molar-refractivity contribution in [1.29, 1.82) is 0 Å². The van der Waals surface area contributed by atoms with Crippen LogP contribution in [0.5, 0.6) is 0 Å². The summed E-state index contributed by atoms with van der Waals surface area (Å²) in [5, 5.41) is 23.0. The topological polar surface area (TPSA) is 91.7 Å². The molecule has 24 heavy (non-hydrogen) atoms. The van der Waals surface area contributed by atoms with Gasteiger partial charge in [0.1, 0.15) is 17.6 Å². The van der Waals surface area contributed by atoms with E-state index in [4.69, 9.17) is 9.52 Å². The first-order chi connectivity index (χ1) is 11.4. The van der Waals surface area contributed by atoms with Crippen LogP contribution in [0.2, 0.25) is 0 Å². The number of aliphatic hydroxyl groups excluding tert-OH is 2. The molecule has 0 unspecified atom stereocenters. The lowest BCUT2D eigenvalue weighted by Gasteiger charge is -2.27. The smallest absolute Gasteiger partial charge is 0.257 e. The minimum absolute atomic E-state index is 0.0557. The van der Waals surface area contributed by atoms with Crippen molar-refractivity contribution in [3.8, 4) is 0 Å². The Morgan fingerprint density at radius 1 is 1.38 bits per heavy atom. The van der Waals surface area contributed by atoms with Gasteiger partial charge in [0.2, 0.25) is 0 Å². The molecule has 1 amide bonds. The van der Waals surface area contributed by atoms with Crippen LogP contribution in [-0.4, -0.2) is 44.0 Å². The minimum Gasteiger partial charge on any atom is -0.465 e. The Bertz CT molecular complexity index is 747. The number of carbonyl (C=O) groups excluding carboxylic acids is 1. The first kappa shape index (κ1) is 16.7. The molecule has 1 aliphatic heterocycles. The Balaban J connectivity index is 1.80. The second-order valence-corrected chi connectivity index (χ2v) is 6.48. The summed E-state index contributed by atoms with van der Waals surface area (Å²) >= 11 is 0. The first-order valence-electron chi connectivity index (χ1n) is 8.15. The summed E-state index contributed by atoms with van der Waals surface area (Å²) in [5.41, 5.74) is 1.88. The lowest BCUT2D eigenvalue weighted by molar-refractivity contribution is 0.0703. The molecule has 3 heterocycles. The molecule has 3 rings (SSSR count). The standard InChI is InChI=1S/C17H23N3O4/c1-10(2)16-7-13(11(3)24-16)17(23)19-4-5-20-12(8-19)6-14(18-20)15(22)9-21/h6-7,10,15,21-22H,4-5,8-9H2,1-3H3/t15-/m1/s1. The highest BCUT2D eigenvalue weighted by Crippen LogP contribution is 2.25. The SMILES string of the molecule is Cc1oc(C(C)C)cc1C(=O)N1CCn2nc([C@H](O)CO)cc2C1. The van der Waals surface area contributed by atoms with Crippen LogP contribution in [0.1, 0.15) is 59.1 Å². The van der Waals surface area contributed by atoms with Crippen molar-refractivity contribution < 1.29 is 19.4 Å². The Morgan fingerprint density at radius 2 is 2.12 bits per heavy atom. The molecular formula is C17H23N3O4. The van der Waals surface area contributed by atoms with Gasteiger partial charge in [-0.3, -0.25) is 9.48 Å². The van der Waals surface area contributed by atoms with Crippen molar-refractivity contribution in [1.82, 2.24) is 14.7 Å². The molecule has 1 aliphatic rings. The number of aryl methyl sites for hydroxylation is 1. The maximum Gasteiger partial charge on any atom is 0.257 e. The van der Waals surface area contributed by atoms with Gasteiger partial charge in [-0.1, -0.05) is 13.8 Å². The average molecular weight is 333 g/mol. The van der Waals surface area contributed by atoms with E-state index in [-0.39, 0.29) is 18.4 Å². The van der Waals surface area contributed by atoms with Crippen LogP contribution >= 0.6 is 0 Å². The van der Waals surface area contributed by atoms with E-state index in [0.29, 0.717) is 36.7 Å². The van der Waals surface area contributed by atoms with Gasteiger partial charge in [-0.05, 0) is 19.1 Å². The molecule has 0 spiro atoms. The molecule has 7 nitrogen and oxygen atoms in total. The Morgan fingerprint density at radius 3 is 2.75 bits per heavy atom. The second-order valence-electron chi connectivity index (χ2n) is 6.48. The lowest BCUT2D eigenvalue weighted by Crippen LogP contribution is -2.38. The van der Waals surface area contributed by atoms with Crippen LogP contribution in [0.3, 0.4) is 0 Å². The minimum atomic E-state index is -0.989. The van der Waals surface area contributed by atoms with Gasteiger partial charge in [0, 0.05) is 12.5 Å². The maximum absolute atomic E-state index is 12.8.